The molecule has 1 aromatic carbocycles. The number of aromatic amines is 2. The molecule has 0 saturated carbocycles. The molecule has 0 aliphatic rings. The fourth-order valence-electron chi connectivity index (χ4n) is 1.18. The molecule has 0 spiro atoms. The van der Waals surface area contributed by atoms with E-state index in [2.05, 4.69) is 25.9 Å². The first-order valence-electron chi connectivity index (χ1n) is 3.59. The first-order valence-corrected chi connectivity index (χ1v) is 4.79. The third kappa shape index (κ3) is 1.45. The molecule has 0 atom stereocenters. The van der Waals surface area contributed by atoms with Crippen molar-refractivity contribution in [2.24, 2.45) is 0 Å². The molecule has 2 aromatic rings. The van der Waals surface area contributed by atoms with E-state index in [1.54, 1.807) is 0 Å². The second kappa shape index (κ2) is 3.08. The van der Waals surface area contributed by atoms with E-state index < -0.39 is 0 Å². The summed E-state index contributed by atoms with van der Waals surface area (Å²) in [6.45, 7) is 0. The van der Waals surface area contributed by atoms with Crippen molar-refractivity contribution in [3.05, 3.63) is 37.8 Å². The highest BCUT2D eigenvalue weighted by atomic mass is 79.9. The van der Waals surface area contributed by atoms with Crippen molar-refractivity contribution in [2.75, 3.05) is 0 Å². The molecule has 0 saturated heterocycles. The number of hydrogen-bond donors (Lipinski definition) is 2. The van der Waals surface area contributed by atoms with Crippen LogP contribution in [0.1, 0.15) is 0 Å². The van der Waals surface area contributed by atoms with Gasteiger partial charge in [0.1, 0.15) is 4.64 Å². The normalized spacial score (nSPS) is 10.5. The molecule has 3 nitrogen and oxygen atoms in total. The molecule has 5 heteroatoms. The van der Waals surface area contributed by atoms with Gasteiger partial charge in [0, 0.05) is 9.86 Å². The predicted octanol–water partition coefficient (Wildman–Crippen LogP) is 2.35. The predicted molar refractivity (Wildman–Crippen MR) is 57.5 cm³/mol. The molecule has 0 aliphatic carbocycles. The van der Waals surface area contributed by atoms with Gasteiger partial charge in [-0.1, -0.05) is 18.3 Å². The zero-order valence-electron chi connectivity index (χ0n) is 6.43. The fraction of sp³-hybridized carbons (Fsp3) is 0. The smallest absolute Gasteiger partial charge is 0.307 e. The summed E-state index contributed by atoms with van der Waals surface area (Å²) < 4.78 is 1.33. The highest BCUT2D eigenvalue weighted by Gasteiger charge is 2.00. The van der Waals surface area contributed by atoms with E-state index in [1.165, 1.54) is 0 Å². The summed E-state index contributed by atoms with van der Waals surface area (Å²) in [5.41, 5.74) is 0.457. The van der Waals surface area contributed by atoms with Crippen molar-refractivity contribution in [1.29, 1.82) is 0 Å². The Kier molecular flexibility index (Phi) is 2.05. The lowest BCUT2D eigenvalue weighted by Gasteiger charge is -1.98. The van der Waals surface area contributed by atoms with E-state index in [0.717, 1.165) is 15.4 Å². The number of fused-ring (bicyclic) bond motifs is 1. The Morgan fingerprint density at radius 2 is 2.08 bits per heavy atom. The third-order valence-electron chi connectivity index (χ3n) is 1.72. The van der Waals surface area contributed by atoms with Crippen LogP contribution in [0.25, 0.3) is 10.9 Å². The van der Waals surface area contributed by atoms with Gasteiger partial charge in [0.25, 0.3) is 0 Å². The third-order valence-corrected chi connectivity index (χ3v) is 2.68. The number of halogens is 1. The average molecular weight is 257 g/mol. The maximum absolute atomic E-state index is 11.0. The number of H-pyrrole nitrogens is 2. The number of benzene rings is 1. The Morgan fingerprint density at radius 1 is 1.31 bits per heavy atom. The van der Waals surface area contributed by atoms with Gasteiger partial charge in [-0.15, -0.1) is 0 Å². The minimum absolute atomic E-state index is 0.282. The van der Waals surface area contributed by atoms with Gasteiger partial charge < -0.3 is 4.98 Å². The molecule has 1 heterocycles. The molecule has 0 radical (unpaired) electrons. The molecule has 2 rings (SSSR count). The van der Waals surface area contributed by atoms with Crippen molar-refractivity contribution < 1.29 is 0 Å². The maximum atomic E-state index is 11.0. The van der Waals surface area contributed by atoms with Crippen LogP contribution in [0.2, 0.25) is 0 Å². The Balaban J connectivity index is 3.12. The average Bonchev–Trinajstić information content (AvgIpc) is 2.02. The molecule has 66 valence electrons. The molecule has 0 aliphatic heterocycles. The second-order valence-corrected chi connectivity index (χ2v) is 3.83. The lowest BCUT2D eigenvalue weighted by Crippen LogP contribution is -2.09. The molecule has 0 amide bonds. The van der Waals surface area contributed by atoms with Crippen LogP contribution in [0, 0.1) is 4.64 Å². The van der Waals surface area contributed by atoms with Gasteiger partial charge in [0.05, 0.1) is 5.52 Å². The van der Waals surface area contributed by atoms with Crippen LogP contribution < -0.4 is 5.69 Å². The molecule has 0 bridgehead atoms. The van der Waals surface area contributed by atoms with E-state index >= 15 is 0 Å². The summed E-state index contributed by atoms with van der Waals surface area (Å²) >= 11 is 8.39. The van der Waals surface area contributed by atoms with Crippen LogP contribution in [0.5, 0.6) is 0 Å². The van der Waals surface area contributed by atoms with E-state index in [9.17, 15) is 4.79 Å². The van der Waals surface area contributed by atoms with E-state index in [0.29, 0.717) is 4.64 Å². The summed E-state index contributed by atoms with van der Waals surface area (Å²) in [6, 6.07) is 5.53. The van der Waals surface area contributed by atoms with E-state index in [1.807, 2.05) is 18.2 Å². The monoisotopic (exact) mass is 256 g/mol. The molecule has 0 unspecified atom stereocenters. The van der Waals surface area contributed by atoms with Crippen molar-refractivity contribution in [2.45, 2.75) is 0 Å². The van der Waals surface area contributed by atoms with Crippen molar-refractivity contribution in [3.8, 4) is 0 Å². The first kappa shape index (κ1) is 8.65. The summed E-state index contributed by atoms with van der Waals surface area (Å²) in [7, 11) is 0. The molecule has 1 aromatic heterocycles. The quantitative estimate of drug-likeness (QED) is 0.712. The Bertz CT molecular complexity index is 572. The lowest BCUT2D eigenvalue weighted by atomic mass is 10.2. The first-order chi connectivity index (χ1) is 6.18. The summed E-state index contributed by atoms with van der Waals surface area (Å²) in [6.07, 6.45) is 0. The van der Waals surface area contributed by atoms with Gasteiger partial charge in [0.2, 0.25) is 0 Å². The van der Waals surface area contributed by atoms with Crippen LogP contribution in [-0.2, 0) is 0 Å². The maximum Gasteiger partial charge on any atom is 0.324 e. The van der Waals surface area contributed by atoms with Gasteiger partial charge in [-0.3, -0.25) is 4.98 Å². The molecule has 13 heavy (non-hydrogen) atoms. The van der Waals surface area contributed by atoms with Crippen LogP contribution in [0.15, 0.2) is 27.5 Å². The summed E-state index contributed by atoms with van der Waals surface area (Å²) in [5, 5.41) is 0.831. The number of rotatable bonds is 0. The van der Waals surface area contributed by atoms with Crippen molar-refractivity contribution >= 4 is 39.1 Å². The minimum Gasteiger partial charge on any atom is -0.307 e. The zero-order chi connectivity index (χ0) is 9.42. The molecular weight excluding hydrogens is 252 g/mol. The Morgan fingerprint density at radius 3 is 2.85 bits per heavy atom. The second-order valence-electron chi connectivity index (χ2n) is 2.57. The highest BCUT2D eigenvalue weighted by Crippen LogP contribution is 2.21. The topological polar surface area (TPSA) is 48.6 Å². The molecule has 2 N–H and O–H groups in total. The van der Waals surface area contributed by atoms with Gasteiger partial charge in [0.15, 0.2) is 0 Å². The Labute approximate surface area is 86.9 Å². The lowest BCUT2D eigenvalue weighted by molar-refractivity contribution is 1.11. The summed E-state index contributed by atoms with van der Waals surface area (Å²) in [4.78, 5) is 16.2. The summed E-state index contributed by atoms with van der Waals surface area (Å²) in [5.74, 6) is 0. The van der Waals surface area contributed by atoms with E-state index in [4.69, 9.17) is 12.2 Å². The fourth-order valence-corrected chi connectivity index (χ4v) is 2.19. The van der Waals surface area contributed by atoms with Gasteiger partial charge >= 0.3 is 5.69 Å². The number of hydrogen-bond acceptors (Lipinski definition) is 2. The molecular formula is C8H5BrN2OS. The van der Waals surface area contributed by atoms with Crippen LogP contribution in [0.4, 0.5) is 0 Å². The number of aromatic nitrogens is 2. The van der Waals surface area contributed by atoms with Crippen LogP contribution in [0.3, 0.4) is 0 Å². The Hall–Kier alpha value is -0.940. The SMILES string of the molecule is O=c1[nH]c(=S)c2c(Br)cccc2[nH]1. The van der Waals surface area contributed by atoms with Crippen LogP contribution in [-0.4, -0.2) is 9.97 Å². The van der Waals surface area contributed by atoms with Crippen molar-refractivity contribution in [1.82, 2.24) is 9.97 Å². The highest BCUT2D eigenvalue weighted by molar-refractivity contribution is 9.10. The standard InChI is InChI=1S/C8H5BrN2OS/c9-4-2-1-3-5-6(4)7(13)11-8(12)10-5/h1-3H,(H2,10,11,12,13). The number of nitrogens with one attached hydrogen (secondary N) is 2. The largest absolute Gasteiger partial charge is 0.324 e. The van der Waals surface area contributed by atoms with Gasteiger partial charge in [-0.25, -0.2) is 4.79 Å². The molecule has 0 fully saturated rings. The van der Waals surface area contributed by atoms with Crippen LogP contribution >= 0.6 is 28.1 Å². The van der Waals surface area contributed by atoms with E-state index in [-0.39, 0.29) is 5.69 Å². The van der Waals surface area contributed by atoms with Crippen molar-refractivity contribution in [3.63, 3.8) is 0 Å². The van der Waals surface area contributed by atoms with Gasteiger partial charge in [-0.2, -0.15) is 0 Å². The zero-order valence-corrected chi connectivity index (χ0v) is 8.83. The minimum atomic E-state index is -0.282. The van der Waals surface area contributed by atoms with Gasteiger partial charge in [-0.05, 0) is 28.1 Å².